The molecule has 0 saturated heterocycles. The molecule has 0 radical (unpaired) electrons. The van der Waals surface area contributed by atoms with Crippen molar-refractivity contribution in [2.75, 3.05) is 0 Å². The quantitative estimate of drug-likeness (QED) is 0.186. The Morgan fingerprint density at radius 3 is 1.94 bits per heavy atom. The van der Waals surface area contributed by atoms with E-state index in [9.17, 15) is 0 Å². The molecule has 0 spiro atoms. The molecule has 0 aliphatic heterocycles. The Kier molecular flexibility index (Phi) is 4.75. The van der Waals surface area contributed by atoms with Crippen LogP contribution in [0.25, 0.3) is 93.5 Å². The molecule has 6 aromatic heterocycles. The Morgan fingerprint density at radius 1 is 0.426 bits per heavy atom. The number of imidazole rings is 1. The first-order valence-corrected chi connectivity index (χ1v) is 15.8. The van der Waals surface area contributed by atoms with Gasteiger partial charge in [0, 0.05) is 61.5 Å². The number of pyridine rings is 3. The molecule has 11 aromatic rings. The second kappa shape index (κ2) is 9.02. The van der Waals surface area contributed by atoms with Crippen molar-refractivity contribution in [1.82, 2.24) is 28.5 Å². The van der Waals surface area contributed by atoms with Crippen LogP contribution >= 0.6 is 0 Å². The molecule has 0 saturated carbocycles. The van der Waals surface area contributed by atoms with Gasteiger partial charge in [-0.25, -0.2) is 9.97 Å². The highest BCUT2D eigenvalue weighted by Crippen LogP contribution is 2.46. The van der Waals surface area contributed by atoms with Gasteiger partial charge in [0.05, 0.1) is 33.8 Å². The summed E-state index contributed by atoms with van der Waals surface area (Å²) in [6.07, 6.45) is 5.66. The van der Waals surface area contributed by atoms with Crippen molar-refractivity contribution >= 4 is 82.1 Å². The van der Waals surface area contributed by atoms with Gasteiger partial charge in [0.2, 0.25) is 0 Å². The van der Waals surface area contributed by atoms with E-state index in [-0.39, 0.29) is 0 Å². The summed E-state index contributed by atoms with van der Waals surface area (Å²) >= 11 is 0. The van der Waals surface area contributed by atoms with Crippen molar-refractivity contribution in [3.8, 4) is 11.4 Å². The molecule has 6 heterocycles. The van der Waals surface area contributed by atoms with Gasteiger partial charge in [-0.15, -0.1) is 0 Å². The summed E-state index contributed by atoms with van der Waals surface area (Å²) in [5.74, 6) is 0. The highest BCUT2D eigenvalue weighted by molar-refractivity contribution is 6.34. The first kappa shape index (κ1) is 24.8. The zero-order chi connectivity index (χ0) is 30.6. The lowest BCUT2D eigenvalue weighted by Gasteiger charge is -2.13. The molecule has 6 nitrogen and oxygen atoms in total. The maximum Gasteiger partial charge on any atom is 0.165 e. The van der Waals surface area contributed by atoms with Crippen LogP contribution in [0.15, 0.2) is 146 Å². The first-order valence-electron chi connectivity index (χ1n) is 15.8. The fourth-order valence-electron chi connectivity index (χ4n) is 7.91. The van der Waals surface area contributed by atoms with Gasteiger partial charge in [0.25, 0.3) is 0 Å². The topological polar surface area (TPSA) is 52.9 Å². The van der Waals surface area contributed by atoms with Crippen LogP contribution in [0.5, 0.6) is 0 Å². The molecular weight excluding hydrogens is 576 g/mol. The number of hydrogen-bond acceptors (Lipinski definition) is 3. The van der Waals surface area contributed by atoms with E-state index >= 15 is 0 Å². The number of para-hydroxylation sites is 3. The molecule has 47 heavy (non-hydrogen) atoms. The number of nitrogens with zero attached hydrogens (tertiary/aromatic N) is 6. The minimum Gasteiger partial charge on any atom is -0.309 e. The minimum atomic E-state index is 0.835. The van der Waals surface area contributed by atoms with Gasteiger partial charge in [0.1, 0.15) is 11.2 Å². The van der Waals surface area contributed by atoms with Gasteiger partial charge in [-0.3, -0.25) is 9.38 Å². The summed E-state index contributed by atoms with van der Waals surface area (Å²) in [7, 11) is 0. The van der Waals surface area contributed by atoms with E-state index in [2.05, 4.69) is 134 Å². The molecule has 0 N–H and O–H groups in total. The van der Waals surface area contributed by atoms with E-state index < -0.39 is 0 Å². The molecule has 0 fully saturated rings. The zero-order valence-corrected chi connectivity index (χ0v) is 25.0. The predicted molar refractivity (Wildman–Crippen MR) is 192 cm³/mol. The third-order valence-electron chi connectivity index (χ3n) is 9.72. The minimum absolute atomic E-state index is 0.835. The Hall–Kier alpha value is -6.53. The number of fused-ring (bicyclic) bond motifs is 16. The average molecular weight is 601 g/mol. The molecule has 0 unspecified atom stereocenters. The molecular formula is C41H24N6. The van der Waals surface area contributed by atoms with Gasteiger partial charge in [0.15, 0.2) is 5.65 Å². The van der Waals surface area contributed by atoms with Gasteiger partial charge >= 0.3 is 0 Å². The lowest BCUT2D eigenvalue weighted by atomic mass is 10.0. The monoisotopic (exact) mass is 600 g/mol. The standard InChI is InChI=1S/C41H24N6/c1-3-10-25(11-4-1)45-32-16-8-7-14-27(32)37-33(45)19-20-34-38(37)29-17-18-30-36(39(29)46(34)26-12-5-2-6-13-26)28-21-23-42-24-35(28)47-40(30)44-31-15-9-22-43-41(31)47/h1-24H. The van der Waals surface area contributed by atoms with E-state index in [0.717, 1.165) is 55.4 Å². The van der Waals surface area contributed by atoms with Crippen LogP contribution in [0, 0.1) is 0 Å². The molecule has 0 bridgehead atoms. The third-order valence-corrected chi connectivity index (χ3v) is 9.72. The van der Waals surface area contributed by atoms with Crippen molar-refractivity contribution in [3.05, 3.63) is 146 Å². The maximum atomic E-state index is 5.14. The fourth-order valence-corrected chi connectivity index (χ4v) is 7.91. The molecule has 218 valence electrons. The van der Waals surface area contributed by atoms with E-state index in [1.54, 1.807) is 0 Å². The van der Waals surface area contributed by atoms with E-state index in [0.29, 0.717) is 0 Å². The van der Waals surface area contributed by atoms with Crippen molar-refractivity contribution in [1.29, 1.82) is 0 Å². The van der Waals surface area contributed by atoms with Crippen molar-refractivity contribution < 1.29 is 0 Å². The predicted octanol–water partition coefficient (Wildman–Crippen LogP) is 9.78. The summed E-state index contributed by atoms with van der Waals surface area (Å²) in [6, 6.07) is 45.4. The van der Waals surface area contributed by atoms with E-state index in [1.807, 2.05) is 30.7 Å². The molecule has 0 atom stereocenters. The van der Waals surface area contributed by atoms with E-state index in [4.69, 9.17) is 9.97 Å². The molecule has 0 amide bonds. The number of rotatable bonds is 2. The number of benzene rings is 5. The highest BCUT2D eigenvalue weighted by Gasteiger charge is 2.24. The average Bonchev–Trinajstić information content (AvgIpc) is 3.80. The normalized spacial score (nSPS) is 12.3. The van der Waals surface area contributed by atoms with Crippen LogP contribution in [0.3, 0.4) is 0 Å². The van der Waals surface area contributed by atoms with Crippen LogP contribution in [-0.4, -0.2) is 28.5 Å². The van der Waals surface area contributed by atoms with Gasteiger partial charge in [-0.1, -0.05) is 60.7 Å². The Labute approximate surface area is 267 Å². The van der Waals surface area contributed by atoms with Crippen molar-refractivity contribution in [3.63, 3.8) is 0 Å². The molecule has 0 aliphatic rings. The highest BCUT2D eigenvalue weighted by atomic mass is 15.1. The summed E-state index contributed by atoms with van der Waals surface area (Å²) in [4.78, 5) is 14.5. The van der Waals surface area contributed by atoms with Crippen molar-refractivity contribution in [2.45, 2.75) is 0 Å². The van der Waals surface area contributed by atoms with Gasteiger partial charge in [-0.05, 0) is 66.7 Å². The lowest BCUT2D eigenvalue weighted by Crippen LogP contribution is -1.97. The van der Waals surface area contributed by atoms with E-state index in [1.165, 1.54) is 38.1 Å². The molecule has 6 heteroatoms. The van der Waals surface area contributed by atoms with Crippen LogP contribution in [-0.2, 0) is 0 Å². The van der Waals surface area contributed by atoms with Gasteiger partial charge in [-0.2, -0.15) is 0 Å². The summed E-state index contributed by atoms with van der Waals surface area (Å²) < 4.78 is 7.00. The fraction of sp³-hybridized carbons (Fsp3) is 0. The number of hydrogen-bond donors (Lipinski definition) is 0. The maximum absolute atomic E-state index is 5.14. The molecule has 11 rings (SSSR count). The Bertz CT molecular complexity index is 3060. The number of aromatic nitrogens is 6. The Balaban J connectivity index is 1.43. The van der Waals surface area contributed by atoms with Crippen LogP contribution in [0.1, 0.15) is 0 Å². The second-order valence-electron chi connectivity index (χ2n) is 12.1. The van der Waals surface area contributed by atoms with Gasteiger partial charge < -0.3 is 9.13 Å². The van der Waals surface area contributed by atoms with Crippen LogP contribution in [0.2, 0.25) is 0 Å². The molecule has 0 aliphatic carbocycles. The Morgan fingerprint density at radius 2 is 1.11 bits per heavy atom. The molecule has 5 aromatic carbocycles. The summed E-state index contributed by atoms with van der Waals surface area (Å²) in [6.45, 7) is 0. The lowest BCUT2D eigenvalue weighted by molar-refractivity contribution is 1.17. The SMILES string of the molecule is c1ccc(-n2c3ccccc3c3c4c5ccc6c(c7ccncc7n7c8ncccc8nc67)c5n(-c5ccccc5)c4ccc32)cc1. The first-order chi connectivity index (χ1) is 23.4. The van der Waals surface area contributed by atoms with Crippen LogP contribution < -0.4 is 0 Å². The smallest absolute Gasteiger partial charge is 0.165 e. The zero-order valence-electron chi connectivity index (χ0n) is 25.0. The van der Waals surface area contributed by atoms with Crippen molar-refractivity contribution in [2.24, 2.45) is 0 Å². The largest absolute Gasteiger partial charge is 0.309 e. The summed E-state index contributed by atoms with van der Waals surface area (Å²) in [5.41, 5.74) is 10.5. The second-order valence-corrected chi connectivity index (χ2v) is 12.1. The third kappa shape index (κ3) is 3.16. The summed E-state index contributed by atoms with van der Waals surface area (Å²) in [5, 5.41) is 8.28. The van der Waals surface area contributed by atoms with Crippen LogP contribution in [0.4, 0.5) is 0 Å².